The van der Waals surface area contributed by atoms with Gasteiger partial charge in [0.2, 0.25) is 0 Å². The number of carbonyl (C=O) groups excluding carboxylic acids is 3. The van der Waals surface area contributed by atoms with E-state index in [1.165, 1.54) is 19.1 Å². The Kier molecular flexibility index (Phi) is 6.61. The van der Waals surface area contributed by atoms with Gasteiger partial charge in [-0.15, -0.1) is 0 Å². The lowest BCUT2D eigenvalue weighted by Crippen LogP contribution is -2.47. The summed E-state index contributed by atoms with van der Waals surface area (Å²) in [5.74, 6) is -2.80. The first-order chi connectivity index (χ1) is 11.5. The van der Waals surface area contributed by atoms with Crippen LogP contribution < -0.4 is 5.32 Å². The van der Waals surface area contributed by atoms with Gasteiger partial charge in [0, 0.05) is 11.1 Å². The molecule has 7 nitrogen and oxygen atoms in total. The minimum Gasteiger partial charge on any atom is -0.478 e. The number of amides is 1. The summed E-state index contributed by atoms with van der Waals surface area (Å²) in [7, 11) is 0. The average Bonchev–Trinajstić information content (AvgIpc) is 2.50. The molecule has 1 aromatic rings. The van der Waals surface area contributed by atoms with Crippen LogP contribution in [0.2, 0.25) is 0 Å². The van der Waals surface area contributed by atoms with E-state index in [-0.39, 0.29) is 11.1 Å². The van der Waals surface area contributed by atoms with E-state index in [0.717, 1.165) is 6.08 Å². The molecule has 0 saturated heterocycles. The molecule has 0 fully saturated rings. The molecule has 1 rings (SSSR count). The van der Waals surface area contributed by atoms with E-state index in [2.05, 4.69) is 5.32 Å². The molecule has 0 aromatic heterocycles. The second-order valence-electron chi connectivity index (χ2n) is 6.34. The third-order valence-electron chi connectivity index (χ3n) is 2.96. The van der Waals surface area contributed by atoms with Gasteiger partial charge in [0.15, 0.2) is 17.6 Å². The molecule has 1 amide bonds. The number of alkyl carbamates (subject to hydrolysis) is 1. The van der Waals surface area contributed by atoms with Gasteiger partial charge in [-0.2, -0.15) is 0 Å². The number of rotatable bonds is 6. The molecule has 2 N–H and O–H groups in total. The minimum absolute atomic E-state index is 0.207. The highest BCUT2D eigenvalue weighted by atomic mass is 16.6. The average molecular weight is 347 g/mol. The monoisotopic (exact) mass is 347 g/mol. The second-order valence-corrected chi connectivity index (χ2v) is 6.34. The zero-order valence-electron chi connectivity index (χ0n) is 14.5. The Labute approximate surface area is 145 Å². The minimum atomic E-state index is -1.58. The third kappa shape index (κ3) is 6.58. The summed E-state index contributed by atoms with van der Waals surface area (Å²) < 4.78 is 5.07. The van der Waals surface area contributed by atoms with Gasteiger partial charge in [0.05, 0.1) is 0 Å². The second kappa shape index (κ2) is 8.23. The highest BCUT2D eigenvalue weighted by molar-refractivity contribution is 6.19. The third-order valence-corrected chi connectivity index (χ3v) is 2.96. The van der Waals surface area contributed by atoms with Gasteiger partial charge in [0.1, 0.15) is 5.60 Å². The SMILES string of the molecule is C/C(=C/C(=O)[C@H](NC(=O)OC(C)(C)C)C(=O)c1ccccc1)C(=O)O. The summed E-state index contributed by atoms with van der Waals surface area (Å²) in [6.45, 7) is 6.13. The van der Waals surface area contributed by atoms with Crippen molar-refractivity contribution < 1.29 is 29.0 Å². The fraction of sp³-hybridized carbons (Fsp3) is 0.333. The highest BCUT2D eigenvalue weighted by Gasteiger charge is 2.30. The Morgan fingerprint density at radius 3 is 2.16 bits per heavy atom. The van der Waals surface area contributed by atoms with E-state index < -0.39 is 35.3 Å². The molecule has 0 bridgehead atoms. The summed E-state index contributed by atoms with van der Waals surface area (Å²) in [6.07, 6.45) is -0.137. The van der Waals surface area contributed by atoms with Gasteiger partial charge in [-0.3, -0.25) is 9.59 Å². The molecule has 0 radical (unpaired) electrons. The van der Waals surface area contributed by atoms with Crippen LogP contribution >= 0.6 is 0 Å². The molecule has 0 aliphatic heterocycles. The zero-order valence-corrected chi connectivity index (χ0v) is 14.5. The van der Waals surface area contributed by atoms with E-state index in [1.54, 1.807) is 39.0 Å². The van der Waals surface area contributed by atoms with Crippen LogP contribution in [0, 0.1) is 0 Å². The van der Waals surface area contributed by atoms with Crippen molar-refractivity contribution in [2.45, 2.75) is 39.3 Å². The normalized spacial score (nSPS) is 12.9. The molecule has 0 aliphatic carbocycles. The van der Waals surface area contributed by atoms with Crippen LogP contribution in [-0.2, 0) is 14.3 Å². The van der Waals surface area contributed by atoms with Crippen LogP contribution in [0.3, 0.4) is 0 Å². The maximum absolute atomic E-state index is 12.6. The Morgan fingerprint density at radius 2 is 1.68 bits per heavy atom. The topological polar surface area (TPSA) is 110 Å². The Hall–Kier alpha value is -2.96. The van der Waals surface area contributed by atoms with Gasteiger partial charge in [-0.25, -0.2) is 9.59 Å². The van der Waals surface area contributed by atoms with Gasteiger partial charge in [-0.05, 0) is 33.8 Å². The largest absolute Gasteiger partial charge is 0.478 e. The van der Waals surface area contributed by atoms with Crippen molar-refractivity contribution >= 4 is 23.6 Å². The van der Waals surface area contributed by atoms with Crippen molar-refractivity contribution in [3.63, 3.8) is 0 Å². The fourth-order valence-electron chi connectivity index (χ4n) is 1.82. The number of carboxylic acid groups (broad SMARTS) is 1. The first-order valence-corrected chi connectivity index (χ1v) is 7.55. The first kappa shape index (κ1) is 20.1. The lowest BCUT2D eigenvalue weighted by molar-refractivity contribution is -0.132. The van der Waals surface area contributed by atoms with Crippen molar-refractivity contribution in [3.8, 4) is 0 Å². The standard InChI is InChI=1S/C18H21NO6/c1-11(16(22)23)10-13(20)14(19-17(24)25-18(2,3)4)15(21)12-8-6-5-7-9-12/h5-10,14H,1-4H3,(H,19,24)(H,22,23)/b11-10-/t14-/m0/s1. The molecule has 7 heteroatoms. The number of carboxylic acids is 1. The molecule has 0 spiro atoms. The van der Waals surface area contributed by atoms with Crippen LogP contribution in [0.15, 0.2) is 42.0 Å². The number of hydrogen-bond acceptors (Lipinski definition) is 5. The number of ketones is 2. The van der Waals surface area contributed by atoms with Gasteiger partial charge >= 0.3 is 12.1 Å². The van der Waals surface area contributed by atoms with E-state index in [9.17, 15) is 19.2 Å². The summed E-state index contributed by atoms with van der Waals surface area (Å²) in [6, 6.07) is 6.33. The van der Waals surface area contributed by atoms with Crippen LogP contribution in [-0.4, -0.2) is 40.4 Å². The lowest BCUT2D eigenvalue weighted by Gasteiger charge is -2.22. The molecule has 1 aromatic carbocycles. The van der Waals surface area contributed by atoms with Gasteiger partial charge < -0.3 is 15.2 Å². The van der Waals surface area contributed by atoms with Crippen molar-refractivity contribution in [3.05, 3.63) is 47.5 Å². The van der Waals surface area contributed by atoms with E-state index in [1.807, 2.05) is 0 Å². The summed E-state index contributed by atoms with van der Waals surface area (Å²) in [5.41, 5.74) is -0.861. The molecule has 0 unspecified atom stereocenters. The number of Topliss-reactive ketones (excluding diaryl/α,β-unsaturated/α-hetero) is 1. The smallest absolute Gasteiger partial charge is 0.408 e. The summed E-state index contributed by atoms with van der Waals surface area (Å²) in [4.78, 5) is 47.8. The number of hydrogen-bond donors (Lipinski definition) is 2. The Balaban J connectivity index is 3.12. The summed E-state index contributed by atoms with van der Waals surface area (Å²) >= 11 is 0. The maximum Gasteiger partial charge on any atom is 0.408 e. The maximum atomic E-state index is 12.6. The van der Waals surface area contributed by atoms with E-state index >= 15 is 0 Å². The predicted molar refractivity (Wildman–Crippen MR) is 90.3 cm³/mol. The van der Waals surface area contributed by atoms with Crippen molar-refractivity contribution in [1.29, 1.82) is 0 Å². The number of nitrogens with one attached hydrogen (secondary N) is 1. The van der Waals surface area contributed by atoms with Crippen LogP contribution in [0.1, 0.15) is 38.1 Å². The predicted octanol–water partition coefficient (Wildman–Crippen LogP) is 2.36. The van der Waals surface area contributed by atoms with Crippen molar-refractivity contribution in [1.82, 2.24) is 5.32 Å². The summed E-state index contributed by atoms with van der Waals surface area (Å²) in [5, 5.41) is 11.1. The number of aliphatic carboxylic acids is 1. The number of benzene rings is 1. The zero-order chi connectivity index (χ0) is 19.2. The number of ether oxygens (including phenoxy) is 1. The molecule has 134 valence electrons. The van der Waals surface area contributed by atoms with Crippen LogP contribution in [0.5, 0.6) is 0 Å². The highest BCUT2D eigenvalue weighted by Crippen LogP contribution is 2.10. The fourth-order valence-corrected chi connectivity index (χ4v) is 1.82. The van der Waals surface area contributed by atoms with Gasteiger partial charge in [-0.1, -0.05) is 30.3 Å². The molecular formula is C18H21NO6. The molecule has 0 heterocycles. The van der Waals surface area contributed by atoms with Crippen LogP contribution in [0.25, 0.3) is 0 Å². The van der Waals surface area contributed by atoms with E-state index in [0.29, 0.717) is 0 Å². The molecule has 25 heavy (non-hydrogen) atoms. The Morgan fingerprint density at radius 1 is 1.12 bits per heavy atom. The van der Waals surface area contributed by atoms with Crippen molar-refractivity contribution in [2.75, 3.05) is 0 Å². The van der Waals surface area contributed by atoms with Crippen LogP contribution in [0.4, 0.5) is 4.79 Å². The first-order valence-electron chi connectivity index (χ1n) is 7.55. The van der Waals surface area contributed by atoms with E-state index in [4.69, 9.17) is 9.84 Å². The van der Waals surface area contributed by atoms with Gasteiger partial charge in [0.25, 0.3) is 0 Å². The molecular weight excluding hydrogens is 326 g/mol. The molecule has 0 aliphatic rings. The quantitative estimate of drug-likeness (QED) is 0.464. The van der Waals surface area contributed by atoms with Crippen molar-refractivity contribution in [2.24, 2.45) is 0 Å². The number of carbonyl (C=O) groups is 4. The Bertz CT molecular complexity index is 700. The molecule has 0 saturated carbocycles. The lowest BCUT2D eigenvalue weighted by atomic mass is 9.99. The molecule has 1 atom stereocenters.